The number of aromatic carboxylic acids is 1. The van der Waals surface area contributed by atoms with Crippen molar-refractivity contribution >= 4 is 12.2 Å². The minimum Gasteiger partial charge on any atom is -0.493 e. The number of benzene rings is 2. The van der Waals surface area contributed by atoms with Crippen molar-refractivity contribution in [3.8, 4) is 11.5 Å². The Morgan fingerprint density at radius 1 is 1.15 bits per heavy atom. The van der Waals surface area contributed by atoms with Gasteiger partial charge in [-0.1, -0.05) is 31.4 Å². The van der Waals surface area contributed by atoms with E-state index in [9.17, 15) is 4.79 Å². The number of nitrogens with zero attached hydrogens (tertiary/aromatic N) is 1. The monoisotopic (exact) mass is 367 g/mol. The lowest BCUT2D eigenvalue weighted by molar-refractivity contribution is 0.0696. The quantitative estimate of drug-likeness (QED) is 0.719. The van der Waals surface area contributed by atoms with Crippen LogP contribution in [0.4, 0.5) is 0 Å². The maximum absolute atomic E-state index is 11.1. The van der Waals surface area contributed by atoms with Gasteiger partial charge in [0, 0.05) is 12.3 Å². The highest BCUT2D eigenvalue weighted by Gasteiger charge is 2.11. The Bertz CT molecular complexity index is 810. The normalized spacial score (nSPS) is 15.0. The zero-order valence-corrected chi connectivity index (χ0v) is 15.6. The van der Waals surface area contributed by atoms with Gasteiger partial charge in [0.25, 0.3) is 0 Å². The molecule has 0 atom stereocenters. The van der Waals surface area contributed by atoms with Crippen molar-refractivity contribution in [2.75, 3.05) is 7.11 Å². The average molecular weight is 367 g/mol. The largest absolute Gasteiger partial charge is 0.493 e. The van der Waals surface area contributed by atoms with Gasteiger partial charge in [0.15, 0.2) is 11.5 Å². The SMILES string of the molecule is COc1cc(C=NC2CCCCC2)ccc1OCc1cccc(C(=O)O)c1. The molecule has 2 aromatic carbocycles. The van der Waals surface area contributed by atoms with E-state index in [4.69, 9.17) is 19.6 Å². The fourth-order valence-corrected chi connectivity index (χ4v) is 3.26. The molecule has 5 heteroatoms. The summed E-state index contributed by atoms with van der Waals surface area (Å²) < 4.78 is 11.3. The first-order valence-electron chi connectivity index (χ1n) is 9.32. The van der Waals surface area contributed by atoms with Crippen LogP contribution in [0.25, 0.3) is 0 Å². The summed E-state index contributed by atoms with van der Waals surface area (Å²) in [7, 11) is 1.61. The average Bonchev–Trinajstić information content (AvgIpc) is 2.72. The minimum atomic E-state index is -0.948. The third-order valence-electron chi connectivity index (χ3n) is 4.77. The van der Waals surface area contributed by atoms with Crippen molar-refractivity contribution in [1.82, 2.24) is 0 Å². The molecule has 0 spiro atoms. The number of carbonyl (C=O) groups is 1. The van der Waals surface area contributed by atoms with E-state index in [1.807, 2.05) is 30.5 Å². The van der Waals surface area contributed by atoms with Crippen LogP contribution >= 0.6 is 0 Å². The van der Waals surface area contributed by atoms with Gasteiger partial charge < -0.3 is 14.6 Å². The van der Waals surface area contributed by atoms with Gasteiger partial charge >= 0.3 is 5.97 Å². The van der Waals surface area contributed by atoms with Gasteiger partial charge in [-0.05, 0) is 54.3 Å². The van der Waals surface area contributed by atoms with Gasteiger partial charge in [0.2, 0.25) is 0 Å². The van der Waals surface area contributed by atoms with Crippen LogP contribution < -0.4 is 9.47 Å². The van der Waals surface area contributed by atoms with Crippen LogP contribution in [0.3, 0.4) is 0 Å². The van der Waals surface area contributed by atoms with Gasteiger partial charge in [0.05, 0.1) is 12.7 Å². The highest BCUT2D eigenvalue weighted by molar-refractivity contribution is 5.87. The summed E-state index contributed by atoms with van der Waals surface area (Å²) in [6, 6.07) is 12.9. The van der Waals surface area contributed by atoms with E-state index in [2.05, 4.69) is 0 Å². The maximum atomic E-state index is 11.1. The van der Waals surface area contributed by atoms with Gasteiger partial charge in [0.1, 0.15) is 6.61 Å². The van der Waals surface area contributed by atoms with Crippen molar-refractivity contribution in [1.29, 1.82) is 0 Å². The Labute approximate surface area is 159 Å². The molecule has 0 unspecified atom stereocenters. The molecule has 1 aliphatic rings. The van der Waals surface area contributed by atoms with Gasteiger partial charge in [-0.2, -0.15) is 0 Å². The lowest BCUT2D eigenvalue weighted by Gasteiger charge is -2.17. The summed E-state index contributed by atoms with van der Waals surface area (Å²) in [6.07, 6.45) is 8.11. The maximum Gasteiger partial charge on any atom is 0.335 e. The highest BCUT2D eigenvalue weighted by atomic mass is 16.5. The minimum absolute atomic E-state index is 0.248. The number of ether oxygens (including phenoxy) is 2. The van der Waals surface area contributed by atoms with Crippen molar-refractivity contribution in [2.45, 2.75) is 44.8 Å². The molecule has 0 saturated heterocycles. The number of rotatable bonds is 7. The molecular weight excluding hydrogens is 342 g/mol. The zero-order chi connectivity index (χ0) is 19.1. The van der Waals surface area contributed by atoms with E-state index in [1.165, 1.54) is 32.1 Å². The smallest absolute Gasteiger partial charge is 0.335 e. The molecule has 0 bridgehead atoms. The summed E-state index contributed by atoms with van der Waals surface area (Å²) in [5, 5.41) is 9.08. The van der Waals surface area contributed by atoms with E-state index in [0.717, 1.165) is 11.1 Å². The van der Waals surface area contributed by atoms with Crippen LogP contribution in [0.15, 0.2) is 47.5 Å². The Morgan fingerprint density at radius 2 is 1.96 bits per heavy atom. The lowest BCUT2D eigenvalue weighted by Crippen LogP contribution is -2.09. The van der Waals surface area contributed by atoms with Gasteiger partial charge in [-0.25, -0.2) is 4.79 Å². The van der Waals surface area contributed by atoms with Crippen LogP contribution in [0.1, 0.15) is 53.6 Å². The molecule has 27 heavy (non-hydrogen) atoms. The number of hydrogen-bond acceptors (Lipinski definition) is 4. The summed E-state index contributed by atoms with van der Waals surface area (Å²) >= 11 is 0. The number of carboxylic acids is 1. The standard InChI is InChI=1S/C22H25NO4/c1-26-21-13-16(14-23-19-8-3-2-4-9-19)10-11-20(21)27-15-17-6-5-7-18(12-17)22(24)25/h5-7,10-14,19H,2-4,8-9,15H2,1H3,(H,24,25). The molecule has 142 valence electrons. The number of hydrogen-bond donors (Lipinski definition) is 1. The second-order valence-electron chi connectivity index (χ2n) is 6.77. The van der Waals surface area contributed by atoms with Crippen LogP contribution in [0.2, 0.25) is 0 Å². The van der Waals surface area contributed by atoms with Crippen LogP contribution in [-0.2, 0) is 6.61 Å². The van der Waals surface area contributed by atoms with Crippen molar-refractivity contribution in [2.24, 2.45) is 4.99 Å². The number of carboxylic acid groups (broad SMARTS) is 1. The molecule has 0 heterocycles. The Hall–Kier alpha value is -2.82. The second-order valence-corrected chi connectivity index (χ2v) is 6.77. The molecule has 1 fully saturated rings. The van der Waals surface area contributed by atoms with E-state index < -0.39 is 5.97 Å². The molecule has 3 rings (SSSR count). The highest BCUT2D eigenvalue weighted by Crippen LogP contribution is 2.29. The Balaban J connectivity index is 1.66. The van der Waals surface area contributed by atoms with Gasteiger partial charge in [-0.15, -0.1) is 0 Å². The van der Waals surface area contributed by atoms with E-state index in [0.29, 0.717) is 17.5 Å². The molecular formula is C22H25NO4. The van der Waals surface area contributed by atoms with E-state index in [-0.39, 0.29) is 12.2 Å². The van der Waals surface area contributed by atoms with Crippen molar-refractivity contribution < 1.29 is 19.4 Å². The Kier molecular flexibility index (Phi) is 6.47. The van der Waals surface area contributed by atoms with Crippen LogP contribution in [-0.4, -0.2) is 30.4 Å². The molecule has 1 aliphatic carbocycles. The summed E-state index contributed by atoms with van der Waals surface area (Å²) in [4.78, 5) is 15.8. The molecule has 0 aliphatic heterocycles. The fraction of sp³-hybridized carbons (Fsp3) is 0.364. The molecule has 0 radical (unpaired) electrons. The molecule has 1 saturated carbocycles. The van der Waals surface area contributed by atoms with Crippen molar-refractivity contribution in [3.63, 3.8) is 0 Å². The molecule has 1 N–H and O–H groups in total. The predicted octanol–water partition coefficient (Wildman–Crippen LogP) is 4.72. The first-order valence-corrected chi connectivity index (χ1v) is 9.32. The zero-order valence-electron chi connectivity index (χ0n) is 15.6. The van der Waals surface area contributed by atoms with Crippen LogP contribution in [0, 0.1) is 0 Å². The lowest BCUT2D eigenvalue weighted by atomic mass is 9.96. The van der Waals surface area contributed by atoms with Gasteiger partial charge in [-0.3, -0.25) is 4.99 Å². The topological polar surface area (TPSA) is 68.1 Å². The predicted molar refractivity (Wildman–Crippen MR) is 105 cm³/mol. The summed E-state index contributed by atoms with van der Waals surface area (Å²) in [6.45, 7) is 0.271. The van der Waals surface area contributed by atoms with Crippen LogP contribution in [0.5, 0.6) is 11.5 Å². The third kappa shape index (κ3) is 5.33. The summed E-state index contributed by atoms with van der Waals surface area (Å²) in [5.41, 5.74) is 2.02. The number of aliphatic imine (C=N–C) groups is 1. The first-order chi connectivity index (χ1) is 13.2. The fourth-order valence-electron chi connectivity index (χ4n) is 3.26. The molecule has 0 aromatic heterocycles. The van der Waals surface area contributed by atoms with Crippen molar-refractivity contribution in [3.05, 3.63) is 59.2 Å². The molecule has 2 aromatic rings. The number of methoxy groups -OCH3 is 1. The Morgan fingerprint density at radius 3 is 2.70 bits per heavy atom. The third-order valence-corrected chi connectivity index (χ3v) is 4.77. The second kappa shape index (κ2) is 9.21. The molecule has 5 nitrogen and oxygen atoms in total. The van der Waals surface area contributed by atoms with E-state index >= 15 is 0 Å². The first kappa shape index (κ1) is 19.0. The molecule has 0 amide bonds. The van der Waals surface area contributed by atoms with E-state index in [1.54, 1.807) is 25.3 Å². The summed E-state index contributed by atoms with van der Waals surface area (Å²) in [5.74, 6) is 0.307.